The molecule has 3 rings (SSSR count). The Hall–Kier alpha value is -2.70. The van der Waals surface area contributed by atoms with Crippen molar-refractivity contribution in [1.82, 2.24) is 15.1 Å². The Morgan fingerprint density at radius 2 is 2.23 bits per heavy atom. The smallest absolute Gasteiger partial charge is 0.407 e. The lowest BCUT2D eigenvalue weighted by atomic mass is 9.98. The molecule has 1 aliphatic heterocycles. The van der Waals surface area contributed by atoms with Gasteiger partial charge in [0.1, 0.15) is 5.82 Å². The molecule has 7 heteroatoms. The lowest BCUT2D eigenvalue weighted by Gasteiger charge is -2.24. The van der Waals surface area contributed by atoms with E-state index in [0.29, 0.717) is 30.0 Å². The van der Waals surface area contributed by atoms with E-state index in [4.69, 9.17) is 9.52 Å². The summed E-state index contributed by atoms with van der Waals surface area (Å²) in [5.41, 5.74) is 1.80. The van der Waals surface area contributed by atoms with Crippen molar-refractivity contribution in [2.75, 3.05) is 13.1 Å². The quantitative estimate of drug-likeness (QED) is 0.922. The molecule has 1 amide bonds. The highest BCUT2D eigenvalue weighted by Gasteiger charge is 2.19. The largest absolute Gasteiger partial charge is 0.465 e. The van der Waals surface area contributed by atoms with Gasteiger partial charge in [0, 0.05) is 31.1 Å². The predicted molar refractivity (Wildman–Crippen MR) is 76.6 cm³/mol. The van der Waals surface area contributed by atoms with Crippen LogP contribution < -0.4 is 0 Å². The molecule has 2 aromatic rings. The number of rotatable bonds is 2. The molecule has 114 valence electrons. The second-order valence-corrected chi connectivity index (χ2v) is 5.03. The van der Waals surface area contributed by atoms with Crippen molar-refractivity contribution in [2.24, 2.45) is 0 Å². The van der Waals surface area contributed by atoms with Crippen molar-refractivity contribution < 1.29 is 18.7 Å². The Balaban J connectivity index is 1.86. The average Bonchev–Trinajstić information content (AvgIpc) is 2.94. The minimum absolute atomic E-state index is 0.273. The second kappa shape index (κ2) is 5.59. The van der Waals surface area contributed by atoms with Crippen LogP contribution in [0.4, 0.5) is 9.18 Å². The molecule has 0 radical (unpaired) electrons. The maximum absolute atomic E-state index is 14.3. The zero-order valence-corrected chi connectivity index (χ0v) is 11.9. The van der Waals surface area contributed by atoms with Gasteiger partial charge in [-0.05, 0) is 24.1 Å². The standard InChI is InChI=1S/C15H14FN3O3/c1-9-17-18-14(22-9)11-2-3-12(13(16)8-11)10-4-6-19(7-5-10)15(20)21/h2-4,8H,5-7H2,1H3,(H,20,21). The number of halogens is 1. The number of hydrogen-bond acceptors (Lipinski definition) is 4. The van der Waals surface area contributed by atoms with Gasteiger partial charge in [0.25, 0.3) is 0 Å². The van der Waals surface area contributed by atoms with Gasteiger partial charge in [-0.2, -0.15) is 0 Å². The average molecular weight is 303 g/mol. The summed E-state index contributed by atoms with van der Waals surface area (Å²) in [6, 6.07) is 4.73. The first-order chi connectivity index (χ1) is 10.5. The summed E-state index contributed by atoms with van der Waals surface area (Å²) in [6.45, 7) is 2.31. The Kier molecular flexibility index (Phi) is 3.62. The molecule has 0 saturated carbocycles. The molecule has 0 bridgehead atoms. The molecular weight excluding hydrogens is 289 g/mol. The Bertz CT molecular complexity index is 754. The number of carbonyl (C=O) groups is 1. The van der Waals surface area contributed by atoms with Crippen LogP contribution in [0.15, 0.2) is 28.7 Å². The summed E-state index contributed by atoms with van der Waals surface area (Å²) in [5, 5.41) is 16.5. The predicted octanol–water partition coefficient (Wildman–Crippen LogP) is 2.95. The van der Waals surface area contributed by atoms with E-state index in [1.807, 2.05) is 0 Å². The van der Waals surface area contributed by atoms with Crippen LogP contribution in [-0.2, 0) is 0 Å². The van der Waals surface area contributed by atoms with Gasteiger partial charge < -0.3 is 14.4 Å². The van der Waals surface area contributed by atoms with E-state index in [9.17, 15) is 9.18 Å². The van der Waals surface area contributed by atoms with Crippen LogP contribution in [0.5, 0.6) is 0 Å². The Morgan fingerprint density at radius 1 is 1.41 bits per heavy atom. The van der Waals surface area contributed by atoms with E-state index in [2.05, 4.69) is 10.2 Å². The summed E-state index contributed by atoms with van der Waals surface area (Å²) >= 11 is 0. The van der Waals surface area contributed by atoms with Gasteiger partial charge in [-0.15, -0.1) is 10.2 Å². The first-order valence-corrected chi connectivity index (χ1v) is 6.82. The van der Waals surface area contributed by atoms with Gasteiger partial charge in [0.05, 0.1) is 0 Å². The first-order valence-electron chi connectivity index (χ1n) is 6.82. The van der Waals surface area contributed by atoms with E-state index < -0.39 is 6.09 Å². The van der Waals surface area contributed by atoms with Crippen LogP contribution in [0.1, 0.15) is 17.9 Å². The van der Waals surface area contributed by atoms with Gasteiger partial charge in [0.2, 0.25) is 11.8 Å². The highest BCUT2D eigenvalue weighted by molar-refractivity contribution is 5.72. The van der Waals surface area contributed by atoms with E-state index in [1.165, 1.54) is 11.0 Å². The number of carboxylic acid groups (broad SMARTS) is 1. The summed E-state index contributed by atoms with van der Waals surface area (Å²) in [7, 11) is 0. The van der Waals surface area contributed by atoms with Crippen molar-refractivity contribution in [3.05, 3.63) is 41.5 Å². The number of aromatic nitrogens is 2. The van der Waals surface area contributed by atoms with Crippen LogP contribution in [0.25, 0.3) is 17.0 Å². The van der Waals surface area contributed by atoms with Gasteiger partial charge in [-0.25, -0.2) is 9.18 Å². The fourth-order valence-electron chi connectivity index (χ4n) is 2.41. The molecule has 0 fully saturated rings. The van der Waals surface area contributed by atoms with Crippen LogP contribution in [0.3, 0.4) is 0 Å². The Labute approximate surface area is 125 Å². The number of amides is 1. The second-order valence-electron chi connectivity index (χ2n) is 5.03. The summed E-state index contributed by atoms with van der Waals surface area (Å²) in [5.74, 6) is 0.309. The number of hydrogen-bond donors (Lipinski definition) is 1. The number of benzene rings is 1. The van der Waals surface area contributed by atoms with E-state index in [1.54, 1.807) is 25.1 Å². The van der Waals surface area contributed by atoms with E-state index in [0.717, 1.165) is 5.57 Å². The van der Waals surface area contributed by atoms with Gasteiger partial charge >= 0.3 is 6.09 Å². The van der Waals surface area contributed by atoms with Crippen molar-refractivity contribution in [3.63, 3.8) is 0 Å². The lowest BCUT2D eigenvalue weighted by molar-refractivity contribution is 0.150. The lowest BCUT2D eigenvalue weighted by Crippen LogP contribution is -2.33. The van der Waals surface area contributed by atoms with E-state index in [-0.39, 0.29) is 18.3 Å². The molecule has 22 heavy (non-hydrogen) atoms. The van der Waals surface area contributed by atoms with Crippen molar-refractivity contribution >= 4 is 11.7 Å². The third-order valence-corrected chi connectivity index (χ3v) is 3.57. The van der Waals surface area contributed by atoms with Crippen LogP contribution in [0, 0.1) is 12.7 Å². The first kappa shape index (κ1) is 14.2. The molecule has 0 unspecified atom stereocenters. The maximum Gasteiger partial charge on any atom is 0.407 e. The molecule has 0 spiro atoms. The fraction of sp³-hybridized carbons (Fsp3) is 0.267. The van der Waals surface area contributed by atoms with Crippen molar-refractivity contribution in [3.8, 4) is 11.5 Å². The molecule has 1 N–H and O–H groups in total. The molecule has 0 saturated heterocycles. The zero-order chi connectivity index (χ0) is 15.7. The number of aryl methyl sites for hydroxylation is 1. The van der Waals surface area contributed by atoms with Crippen molar-refractivity contribution in [2.45, 2.75) is 13.3 Å². The SMILES string of the molecule is Cc1nnc(-c2ccc(C3=CCN(C(=O)O)CC3)c(F)c2)o1. The highest BCUT2D eigenvalue weighted by Crippen LogP contribution is 2.28. The minimum atomic E-state index is -0.960. The third kappa shape index (κ3) is 2.69. The highest BCUT2D eigenvalue weighted by atomic mass is 19.1. The minimum Gasteiger partial charge on any atom is -0.465 e. The van der Waals surface area contributed by atoms with Crippen LogP contribution in [0.2, 0.25) is 0 Å². The molecule has 2 heterocycles. The third-order valence-electron chi connectivity index (χ3n) is 3.57. The van der Waals surface area contributed by atoms with Crippen LogP contribution in [-0.4, -0.2) is 39.4 Å². The zero-order valence-electron chi connectivity index (χ0n) is 11.9. The molecular formula is C15H14FN3O3. The van der Waals surface area contributed by atoms with Gasteiger partial charge in [-0.1, -0.05) is 12.1 Å². The Morgan fingerprint density at radius 3 is 2.77 bits per heavy atom. The van der Waals surface area contributed by atoms with Crippen LogP contribution >= 0.6 is 0 Å². The summed E-state index contributed by atoms with van der Waals surface area (Å²) < 4.78 is 19.6. The molecule has 0 aliphatic carbocycles. The molecule has 1 aromatic heterocycles. The van der Waals surface area contributed by atoms with Gasteiger partial charge in [-0.3, -0.25) is 0 Å². The monoisotopic (exact) mass is 303 g/mol. The molecule has 1 aliphatic rings. The summed E-state index contributed by atoms with van der Waals surface area (Å²) in [4.78, 5) is 12.2. The molecule has 1 aromatic carbocycles. The normalized spacial score (nSPS) is 14.8. The number of nitrogens with zero attached hydrogens (tertiary/aromatic N) is 3. The molecule has 0 atom stereocenters. The summed E-state index contributed by atoms with van der Waals surface area (Å²) in [6.07, 6.45) is 1.27. The maximum atomic E-state index is 14.3. The fourth-order valence-corrected chi connectivity index (χ4v) is 2.41. The van der Waals surface area contributed by atoms with Gasteiger partial charge in [0.15, 0.2) is 0 Å². The van der Waals surface area contributed by atoms with E-state index >= 15 is 0 Å². The molecule has 6 nitrogen and oxygen atoms in total. The topological polar surface area (TPSA) is 79.5 Å². The van der Waals surface area contributed by atoms with Crippen molar-refractivity contribution in [1.29, 1.82) is 0 Å².